The molecule has 0 radical (unpaired) electrons. The summed E-state index contributed by atoms with van der Waals surface area (Å²) in [6.07, 6.45) is 0. The number of aromatic amines is 1. The molecule has 0 atom stereocenters. The van der Waals surface area contributed by atoms with E-state index >= 15 is 0 Å². The molecule has 2 aromatic carbocycles. The van der Waals surface area contributed by atoms with Crippen LogP contribution in [0.15, 0.2) is 64.5 Å². The third-order valence-electron chi connectivity index (χ3n) is 4.28. The van der Waals surface area contributed by atoms with Gasteiger partial charge in [0, 0.05) is 17.4 Å². The SMILES string of the molecule is Cc1cc(=O)[nH]c(SCC(=O)Nc2ccc(Oc3ccc(C(C)(C)C)cc3)cc2)n1. The Labute approximate surface area is 180 Å². The number of rotatable bonds is 6. The highest BCUT2D eigenvalue weighted by molar-refractivity contribution is 7.99. The van der Waals surface area contributed by atoms with E-state index < -0.39 is 0 Å². The third kappa shape index (κ3) is 6.22. The number of nitrogens with one attached hydrogen (secondary N) is 2. The molecule has 0 bridgehead atoms. The van der Waals surface area contributed by atoms with Gasteiger partial charge in [0.1, 0.15) is 11.5 Å². The van der Waals surface area contributed by atoms with Gasteiger partial charge < -0.3 is 15.0 Å². The number of carbonyl (C=O) groups is 1. The molecule has 1 aromatic heterocycles. The minimum atomic E-state index is -0.228. The molecule has 156 valence electrons. The van der Waals surface area contributed by atoms with Crippen LogP contribution in [0.4, 0.5) is 5.69 Å². The van der Waals surface area contributed by atoms with Gasteiger partial charge in [-0.25, -0.2) is 4.98 Å². The average molecular weight is 424 g/mol. The zero-order valence-electron chi connectivity index (χ0n) is 17.5. The van der Waals surface area contributed by atoms with Crippen LogP contribution >= 0.6 is 11.8 Å². The van der Waals surface area contributed by atoms with E-state index in [9.17, 15) is 9.59 Å². The van der Waals surface area contributed by atoms with Gasteiger partial charge in [-0.3, -0.25) is 9.59 Å². The summed E-state index contributed by atoms with van der Waals surface area (Å²) < 4.78 is 5.87. The lowest BCUT2D eigenvalue weighted by molar-refractivity contribution is -0.113. The molecule has 0 saturated heterocycles. The lowest BCUT2D eigenvalue weighted by atomic mass is 9.87. The van der Waals surface area contributed by atoms with E-state index in [1.54, 1.807) is 31.2 Å². The monoisotopic (exact) mass is 423 g/mol. The molecule has 0 unspecified atom stereocenters. The van der Waals surface area contributed by atoms with Crippen LogP contribution in [-0.2, 0) is 10.2 Å². The van der Waals surface area contributed by atoms with E-state index in [2.05, 4.69) is 48.2 Å². The molecule has 0 aliphatic heterocycles. The van der Waals surface area contributed by atoms with Crippen molar-refractivity contribution in [3.05, 3.63) is 76.2 Å². The van der Waals surface area contributed by atoms with Crippen LogP contribution in [0.5, 0.6) is 11.5 Å². The topological polar surface area (TPSA) is 84.1 Å². The number of ether oxygens (including phenoxy) is 1. The standard InChI is InChI=1S/C23H25N3O3S/c1-15-13-20(27)26-22(24-15)30-14-21(28)25-17-7-11-19(12-8-17)29-18-9-5-16(6-10-18)23(2,3)4/h5-13H,14H2,1-4H3,(H,25,28)(H,24,26,27). The van der Waals surface area contributed by atoms with Crippen molar-refractivity contribution in [3.63, 3.8) is 0 Å². The predicted molar refractivity (Wildman–Crippen MR) is 121 cm³/mol. The molecule has 0 aliphatic rings. The first-order valence-corrected chi connectivity index (χ1v) is 10.6. The first kappa shape index (κ1) is 21.6. The lowest BCUT2D eigenvalue weighted by Crippen LogP contribution is -2.15. The van der Waals surface area contributed by atoms with Crippen LogP contribution in [0.3, 0.4) is 0 Å². The Morgan fingerprint density at radius 1 is 1.07 bits per heavy atom. The third-order valence-corrected chi connectivity index (χ3v) is 5.16. The Balaban J connectivity index is 1.53. The van der Waals surface area contributed by atoms with Gasteiger partial charge in [0.05, 0.1) is 5.75 Å². The Morgan fingerprint density at radius 2 is 1.67 bits per heavy atom. The highest BCUT2D eigenvalue weighted by Crippen LogP contribution is 2.27. The van der Waals surface area contributed by atoms with Gasteiger partial charge in [-0.2, -0.15) is 0 Å². The molecule has 6 nitrogen and oxygen atoms in total. The predicted octanol–water partition coefficient (Wildman–Crippen LogP) is 4.90. The number of amides is 1. The minimum absolute atomic E-state index is 0.0986. The summed E-state index contributed by atoms with van der Waals surface area (Å²) in [5.74, 6) is 1.41. The minimum Gasteiger partial charge on any atom is -0.457 e. The average Bonchev–Trinajstić information content (AvgIpc) is 2.67. The highest BCUT2D eigenvalue weighted by Gasteiger charge is 2.13. The quantitative estimate of drug-likeness (QED) is 0.435. The smallest absolute Gasteiger partial charge is 0.251 e. The fraction of sp³-hybridized carbons (Fsp3) is 0.261. The Bertz CT molecular complexity index is 1070. The van der Waals surface area contributed by atoms with Crippen molar-refractivity contribution in [3.8, 4) is 11.5 Å². The number of hydrogen-bond donors (Lipinski definition) is 2. The molecule has 1 amide bonds. The van der Waals surface area contributed by atoms with Gasteiger partial charge in [-0.05, 0) is 54.3 Å². The van der Waals surface area contributed by atoms with Crippen molar-refractivity contribution < 1.29 is 9.53 Å². The maximum absolute atomic E-state index is 12.2. The van der Waals surface area contributed by atoms with Crippen molar-refractivity contribution in [1.29, 1.82) is 0 Å². The number of thioether (sulfide) groups is 1. The van der Waals surface area contributed by atoms with Crippen LogP contribution in [0, 0.1) is 6.92 Å². The summed E-state index contributed by atoms with van der Waals surface area (Å²) >= 11 is 1.18. The number of nitrogens with zero attached hydrogens (tertiary/aromatic N) is 1. The summed E-state index contributed by atoms with van der Waals surface area (Å²) in [7, 11) is 0. The number of benzene rings is 2. The highest BCUT2D eigenvalue weighted by atomic mass is 32.2. The zero-order valence-corrected chi connectivity index (χ0v) is 18.3. The summed E-state index contributed by atoms with van der Waals surface area (Å²) in [5, 5.41) is 3.25. The van der Waals surface area contributed by atoms with Gasteiger partial charge in [-0.15, -0.1) is 0 Å². The number of carbonyl (C=O) groups excluding carboxylic acids is 1. The first-order valence-electron chi connectivity index (χ1n) is 9.58. The molecule has 0 saturated carbocycles. The second-order valence-electron chi connectivity index (χ2n) is 7.93. The van der Waals surface area contributed by atoms with Crippen LogP contribution in [0.1, 0.15) is 32.0 Å². The lowest BCUT2D eigenvalue weighted by Gasteiger charge is -2.19. The normalized spacial score (nSPS) is 11.2. The second kappa shape index (κ2) is 9.17. The van der Waals surface area contributed by atoms with E-state index in [1.165, 1.54) is 23.4 Å². The van der Waals surface area contributed by atoms with Crippen LogP contribution in [0.25, 0.3) is 0 Å². The van der Waals surface area contributed by atoms with E-state index in [1.807, 2.05) is 12.1 Å². The van der Waals surface area contributed by atoms with Crippen molar-refractivity contribution in [1.82, 2.24) is 9.97 Å². The zero-order chi connectivity index (χ0) is 21.7. The largest absolute Gasteiger partial charge is 0.457 e. The molecule has 3 aromatic rings. The summed E-state index contributed by atoms with van der Waals surface area (Å²) in [6, 6.07) is 16.6. The second-order valence-corrected chi connectivity index (χ2v) is 8.89. The van der Waals surface area contributed by atoms with E-state index in [0.717, 1.165) is 5.75 Å². The van der Waals surface area contributed by atoms with E-state index in [-0.39, 0.29) is 22.6 Å². The van der Waals surface area contributed by atoms with Gasteiger partial charge in [0.15, 0.2) is 5.16 Å². The molecule has 3 rings (SSSR count). The van der Waals surface area contributed by atoms with Crippen LogP contribution in [-0.4, -0.2) is 21.6 Å². The first-order chi connectivity index (χ1) is 14.2. The Morgan fingerprint density at radius 3 is 2.23 bits per heavy atom. The van der Waals surface area contributed by atoms with Crippen molar-refractivity contribution in [2.24, 2.45) is 0 Å². The molecular formula is C23H25N3O3S. The fourth-order valence-corrected chi connectivity index (χ4v) is 3.44. The Hall–Kier alpha value is -3.06. The summed E-state index contributed by atoms with van der Waals surface area (Å²) in [6.45, 7) is 8.25. The van der Waals surface area contributed by atoms with Crippen molar-refractivity contribution in [2.45, 2.75) is 38.3 Å². The van der Waals surface area contributed by atoms with E-state index in [0.29, 0.717) is 22.3 Å². The molecule has 0 spiro atoms. The summed E-state index contributed by atoms with van der Waals surface area (Å²) in [4.78, 5) is 30.4. The van der Waals surface area contributed by atoms with Gasteiger partial charge in [-0.1, -0.05) is 44.7 Å². The molecule has 30 heavy (non-hydrogen) atoms. The van der Waals surface area contributed by atoms with E-state index in [4.69, 9.17) is 4.74 Å². The number of H-pyrrole nitrogens is 1. The molecule has 0 aliphatic carbocycles. The molecule has 1 heterocycles. The maximum atomic E-state index is 12.2. The summed E-state index contributed by atoms with van der Waals surface area (Å²) in [5.41, 5.74) is 2.40. The number of hydrogen-bond acceptors (Lipinski definition) is 5. The van der Waals surface area contributed by atoms with Crippen LogP contribution in [0.2, 0.25) is 0 Å². The Kier molecular flexibility index (Phi) is 6.62. The van der Waals surface area contributed by atoms with Crippen molar-refractivity contribution >= 4 is 23.4 Å². The fourth-order valence-electron chi connectivity index (χ4n) is 2.72. The molecule has 0 fully saturated rings. The molecular weight excluding hydrogens is 398 g/mol. The van der Waals surface area contributed by atoms with Gasteiger partial charge >= 0.3 is 0 Å². The van der Waals surface area contributed by atoms with Gasteiger partial charge in [0.25, 0.3) is 5.56 Å². The molecule has 7 heteroatoms. The maximum Gasteiger partial charge on any atom is 0.251 e. The number of aryl methyl sites for hydroxylation is 1. The van der Waals surface area contributed by atoms with Gasteiger partial charge in [0.2, 0.25) is 5.91 Å². The molecule has 2 N–H and O–H groups in total. The van der Waals surface area contributed by atoms with Crippen LogP contribution < -0.4 is 15.6 Å². The van der Waals surface area contributed by atoms with Crippen molar-refractivity contribution in [2.75, 3.05) is 11.1 Å². The number of anilines is 1. The number of aromatic nitrogens is 2.